The van der Waals surface area contributed by atoms with E-state index in [9.17, 15) is 15.0 Å². The number of fused-ring (bicyclic) bond motifs is 2. The minimum Gasteiger partial charge on any atom is -0.393 e. The molecule has 2 aliphatic rings. The summed E-state index contributed by atoms with van der Waals surface area (Å²) in [5.41, 5.74) is 6.89. The Morgan fingerprint density at radius 1 is 1.57 bits per heavy atom. The van der Waals surface area contributed by atoms with Gasteiger partial charge in [-0.15, -0.1) is 0 Å². The topological polar surface area (TPSA) is 165 Å². The number of rotatable bonds is 3. The predicted octanol–water partition coefficient (Wildman–Crippen LogP) is -2.59. The molecule has 1 aliphatic heterocycles. The van der Waals surface area contributed by atoms with Gasteiger partial charge in [-0.05, 0) is 0 Å². The van der Waals surface area contributed by atoms with Crippen LogP contribution >= 0.6 is 0 Å². The Labute approximate surface area is 127 Å². The second-order valence-corrected chi connectivity index (χ2v) is 5.92. The Hall–Kier alpha value is -2.08. The first-order valence-electron chi connectivity index (χ1n) is 6.97. The van der Waals surface area contributed by atoms with Gasteiger partial charge in [0.05, 0.1) is 12.9 Å². The third kappa shape index (κ3) is 1.57. The molecule has 0 radical (unpaired) electrons. The van der Waals surface area contributed by atoms with Crippen molar-refractivity contribution in [3.8, 4) is 0 Å². The van der Waals surface area contributed by atoms with E-state index in [0.717, 1.165) is 0 Å². The summed E-state index contributed by atoms with van der Waals surface area (Å²) in [6.07, 6.45) is -1.39. The SMILES string of the molecule is NC[C@]1(CO)O[C@H]2C(n3cnc4c(=O)[nH]c(N)nc43)[C@]2(F)[C@@H]1O. The van der Waals surface area contributed by atoms with Crippen LogP contribution in [0.2, 0.25) is 0 Å². The van der Waals surface area contributed by atoms with Crippen molar-refractivity contribution in [2.75, 3.05) is 18.9 Å². The summed E-state index contributed by atoms with van der Waals surface area (Å²) in [7, 11) is 0. The van der Waals surface area contributed by atoms with Crippen LogP contribution in [0.25, 0.3) is 11.2 Å². The number of imidazole rings is 1. The van der Waals surface area contributed by atoms with Crippen LogP contribution in [0.4, 0.5) is 10.3 Å². The van der Waals surface area contributed by atoms with Crippen molar-refractivity contribution in [3.05, 3.63) is 16.7 Å². The van der Waals surface area contributed by atoms with Crippen molar-refractivity contribution in [1.29, 1.82) is 0 Å². The molecule has 0 aromatic carbocycles. The number of ether oxygens (including phenoxy) is 1. The summed E-state index contributed by atoms with van der Waals surface area (Å²) >= 11 is 0. The maximum atomic E-state index is 15.2. The van der Waals surface area contributed by atoms with Crippen molar-refractivity contribution in [3.63, 3.8) is 0 Å². The van der Waals surface area contributed by atoms with Gasteiger partial charge < -0.3 is 31.0 Å². The first-order valence-corrected chi connectivity index (χ1v) is 6.97. The Morgan fingerprint density at radius 3 is 2.87 bits per heavy atom. The van der Waals surface area contributed by atoms with Gasteiger partial charge in [-0.25, -0.2) is 9.37 Å². The van der Waals surface area contributed by atoms with Crippen LogP contribution in [0.5, 0.6) is 0 Å². The number of nitrogen functional groups attached to an aromatic ring is 1. The zero-order valence-corrected chi connectivity index (χ0v) is 11.8. The highest BCUT2D eigenvalue weighted by Gasteiger charge is 2.82. The molecule has 2 aromatic rings. The number of aliphatic hydroxyl groups is 2. The number of halogens is 1. The van der Waals surface area contributed by atoms with E-state index in [-0.39, 0.29) is 23.7 Å². The van der Waals surface area contributed by atoms with Gasteiger partial charge in [0.15, 0.2) is 16.8 Å². The minimum atomic E-state index is -2.14. The maximum Gasteiger partial charge on any atom is 0.280 e. The summed E-state index contributed by atoms with van der Waals surface area (Å²) in [5.74, 6) is -0.129. The van der Waals surface area contributed by atoms with E-state index >= 15 is 4.39 Å². The monoisotopic (exact) mass is 326 g/mol. The fourth-order valence-electron chi connectivity index (χ4n) is 3.37. The standard InChI is InChI=1S/C12H15FN6O4/c13-12-5(6(12)23-11(1-14,2-20)9(12)22)19-3-16-4-7(19)17-10(15)18-8(4)21/h3,5-6,9,20,22H,1-2,14H2,(H3,15,17,18,21)/t5?,6-,9+,11+,12+/m0/s1. The summed E-state index contributed by atoms with van der Waals surface area (Å²) in [5, 5.41) is 19.6. The smallest absolute Gasteiger partial charge is 0.280 e. The van der Waals surface area contributed by atoms with Gasteiger partial charge in [0.2, 0.25) is 5.95 Å². The van der Waals surface area contributed by atoms with Crippen LogP contribution in [0.3, 0.4) is 0 Å². The molecule has 1 saturated carbocycles. The first kappa shape index (κ1) is 14.5. The number of aromatic amines is 1. The highest BCUT2D eigenvalue weighted by atomic mass is 19.1. The van der Waals surface area contributed by atoms with Crippen molar-refractivity contribution in [1.82, 2.24) is 19.5 Å². The van der Waals surface area contributed by atoms with Gasteiger partial charge in [-0.3, -0.25) is 9.78 Å². The van der Waals surface area contributed by atoms with Gasteiger partial charge in [0.1, 0.15) is 23.9 Å². The van der Waals surface area contributed by atoms with Gasteiger partial charge >= 0.3 is 0 Å². The average molecular weight is 326 g/mol. The Balaban J connectivity index is 1.78. The molecule has 0 spiro atoms. The lowest BCUT2D eigenvalue weighted by Gasteiger charge is -2.32. The van der Waals surface area contributed by atoms with Crippen LogP contribution in [0.15, 0.2) is 11.1 Å². The quantitative estimate of drug-likeness (QED) is 0.410. The number of H-pyrrole nitrogens is 1. The first-order chi connectivity index (χ1) is 10.9. The number of nitrogens with two attached hydrogens (primary N) is 2. The largest absolute Gasteiger partial charge is 0.393 e. The number of hydrogen-bond acceptors (Lipinski definition) is 8. The Morgan fingerprint density at radius 2 is 2.30 bits per heavy atom. The fraction of sp³-hybridized carbons (Fsp3) is 0.583. The van der Waals surface area contributed by atoms with E-state index in [1.807, 2.05) is 0 Å². The second-order valence-electron chi connectivity index (χ2n) is 5.92. The van der Waals surface area contributed by atoms with Crippen molar-refractivity contribution in [2.45, 2.75) is 29.5 Å². The van der Waals surface area contributed by atoms with Gasteiger partial charge in [0, 0.05) is 6.54 Å². The molecule has 1 saturated heterocycles. The minimum absolute atomic E-state index is 0.00881. The molecule has 23 heavy (non-hydrogen) atoms. The number of nitrogens with zero attached hydrogens (tertiary/aromatic N) is 3. The summed E-state index contributed by atoms with van der Waals surface area (Å²) in [6.45, 7) is -0.829. The maximum absolute atomic E-state index is 15.2. The zero-order chi connectivity index (χ0) is 16.6. The van der Waals surface area contributed by atoms with E-state index in [4.69, 9.17) is 16.2 Å². The molecule has 0 amide bonds. The molecule has 7 N–H and O–H groups in total. The second kappa shape index (κ2) is 4.26. The van der Waals surface area contributed by atoms with Crippen molar-refractivity contribution < 1.29 is 19.3 Å². The Bertz CT molecular complexity index is 848. The molecule has 1 aliphatic carbocycles. The summed E-state index contributed by atoms with van der Waals surface area (Å²) < 4.78 is 22.0. The third-order valence-corrected chi connectivity index (χ3v) is 4.71. The molecule has 2 fully saturated rings. The summed E-state index contributed by atoms with van der Waals surface area (Å²) in [4.78, 5) is 21.9. The zero-order valence-electron chi connectivity index (χ0n) is 11.8. The van der Waals surface area contributed by atoms with E-state index in [2.05, 4.69) is 15.0 Å². The van der Waals surface area contributed by atoms with E-state index in [1.165, 1.54) is 10.9 Å². The van der Waals surface area contributed by atoms with Crippen LogP contribution < -0.4 is 17.0 Å². The van der Waals surface area contributed by atoms with E-state index in [1.54, 1.807) is 0 Å². The van der Waals surface area contributed by atoms with Gasteiger partial charge in [0.25, 0.3) is 5.56 Å². The molecule has 11 heteroatoms. The summed E-state index contributed by atoms with van der Waals surface area (Å²) in [6, 6.07) is -0.928. The number of aromatic nitrogens is 4. The highest BCUT2D eigenvalue weighted by molar-refractivity contribution is 5.71. The molecular formula is C12H15FN6O4. The molecule has 1 unspecified atom stereocenters. The lowest BCUT2D eigenvalue weighted by molar-refractivity contribution is -0.124. The molecule has 3 heterocycles. The third-order valence-electron chi connectivity index (χ3n) is 4.71. The number of nitrogens with one attached hydrogen (secondary N) is 1. The molecule has 4 rings (SSSR count). The normalized spacial score (nSPS) is 38.9. The van der Waals surface area contributed by atoms with Crippen molar-refractivity contribution in [2.24, 2.45) is 5.73 Å². The van der Waals surface area contributed by atoms with E-state index in [0.29, 0.717) is 0 Å². The van der Waals surface area contributed by atoms with Crippen LogP contribution in [0, 0.1) is 0 Å². The number of alkyl halides is 1. The van der Waals surface area contributed by atoms with Crippen molar-refractivity contribution >= 4 is 17.1 Å². The highest BCUT2D eigenvalue weighted by Crippen LogP contribution is 2.64. The van der Waals surface area contributed by atoms with E-state index < -0.39 is 41.7 Å². The van der Waals surface area contributed by atoms with Gasteiger partial charge in [-0.1, -0.05) is 0 Å². The van der Waals surface area contributed by atoms with Crippen LogP contribution in [-0.4, -0.2) is 66.4 Å². The molecule has 10 nitrogen and oxygen atoms in total. The number of anilines is 1. The molecular weight excluding hydrogens is 311 g/mol. The average Bonchev–Trinajstić information content (AvgIpc) is 2.82. The number of aliphatic hydroxyl groups excluding tert-OH is 2. The predicted molar refractivity (Wildman–Crippen MR) is 75.2 cm³/mol. The number of hydrogen-bond donors (Lipinski definition) is 5. The lowest BCUT2D eigenvalue weighted by Crippen LogP contribution is -2.55. The Kier molecular flexibility index (Phi) is 2.69. The molecule has 0 bridgehead atoms. The van der Waals surface area contributed by atoms with Crippen LogP contribution in [-0.2, 0) is 4.74 Å². The lowest BCUT2D eigenvalue weighted by atomic mass is 9.94. The molecule has 5 atom stereocenters. The molecule has 124 valence electrons. The van der Waals surface area contributed by atoms with Gasteiger partial charge in [-0.2, -0.15) is 4.98 Å². The fourth-order valence-corrected chi connectivity index (χ4v) is 3.37. The molecule has 2 aromatic heterocycles. The van der Waals surface area contributed by atoms with Crippen LogP contribution in [0.1, 0.15) is 6.04 Å².